The van der Waals surface area contributed by atoms with Gasteiger partial charge in [0.2, 0.25) is 0 Å². The standard InChI is InChI=1S/C55H101O8P/c1-4-7-9-11-13-15-17-19-21-23-25-27-28-30-31-33-35-37-39-41-43-45-47-49-54(56)60-51-53(52-62-64(58,59)61-6-3)63-55(57)50-48-46-44-42-40-38-36-34-32-29-26-24-22-20-18-16-14-12-10-8-5-2/h8,10,14,16,20,22,26,29,53H,4-7,9,11-13,15,17-19,21,23-25,27-28,30-52H2,1-3H3,(H,58,59)/b10-8-,16-14-,22-20-,29-26-. The Kier molecular flexibility index (Phi) is 48.9. The number of hydrogen-bond acceptors (Lipinski definition) is 7. The molecule has 0 saturated heterocycles. The molecule has 0 amide bonds. The van der Waals surface area contributed by atoms with Crippen molar-refractivity contribution in [2.75, 3.05) is 19.8 Å². The summed E-state index contributed by atoms with van der Waals surface area (Å²) in [6.07, 6.45) is 61.8. The van der Waals surface area contributed by atoms with Gasteiger partial charge < -0.3 is 14.4 Å². The first kappa shape index (κ1) is 62.0. The molecule has 0 fully saturated rings. The number of rotatable bonds is 50. The third kappa shape index (κ3) is 49.4. The highest BCUT2D eigenvalue weighted by atomic mass is 31.2. The number of esters is 2. The van der Waals surface area contributed by atoms with Crippen molar-refractivity contribution in [3.05, 3.63) is 48.6 Å². The van der Waals surface area contributed by atoms with Crippen molar-refractivity contribution in [3.63, 3.8) is 0 Å². The predicted octanol–water partition coefficient (Wildman–Crippen LogP) is 17.7. The highest BCUT2D eigenvalue weighted by Crippen LogP contribution is 2.43. The molecule has 0 aromatic carbocycles. The van der Waals surface area contributed by atoms with E-state index in [1.165, 1.54) is 154 Å². The number of unbranched alkanes of at least 4 members (excludes halogenated alkanes) is 30. The summed E-state index contributed by atoms with van der Waals surface area (Å²) in [4.78, 5) is 35.0. The van der Waals surface area contributed by atoms with Crippen LogP contribution in [-0.2, 0) is 32.7 Å². The average Bonchev–Trinajstić information content (AvgIpc) is 3.28. The Morgan fingerprint density at radius 2 is 0.797 bits per heavy atom. The highest BCUT2D eigenvalue weighted by molar-refractivity contribution is 7.47. The van der Waals surface area contributed by atoms with Gasteiger partial charge in [-0.25, -0.2) is 4.57 Å². The van der Waals surface area contributed by atoms with E-state index in [2.05, 4.69) is 62.5 Å². The lowest BCUT2D eigenvalue weighted by Crippen LogP contribution is -2.29. The van der Waals surface area contributed by atoms with Crippen LogP contribution in [0.5, 0.6) is 0 Å². The van der Waals surface area contributed by atoms with Crippen molar-refractivity contribution in [2.45, 2.75) is 271 Å². The van der Waals surface area contributed by atoms with Gasteiger partial charge in [-0.1, -0.05) is 242 Å². The topological polar surface area (TPSA) is 108 Å². The van der Waals surface area contributed by atoms with Crippen LogP contribution in [-0.4, -0.2) is 42.8 Å². The number of phosphoric acid groups is 1. The molecule has 0 radical (unpaired) electrons. The molecule has 8 nitrogen and oxygen atoms in total. The molecule has 0 saturated carbocycles. The van der Waals surface area contributed by atoms with Crippen molar-refractivity contribution >= 4 is 19.8 Å². The molecule has 1 N–H and O–H groups in total. The lowest BCUT2D eigenvalue weighted by atomic mass is 10.0. The Morgan fingerprint density at radius 1 is 0.438 bits per heavy atom. The van der Waals surface area contributed by atoms with Crippen molar-refractivity contribution in [1.82, 2.24) is 0 Å². The molecule has 374 valence electrons. The largest absolute Gasteiger partial charge is 0.472 e. The molecule has 0 aromatic rings. The van der Waals surface area contributed by atoms with Gasteiger partial charge in [0, 0.05) is 12.8 Å². The first-order chi connectivity index (χ1) is 31.3. The third-order valence-electron chi connectivity index (χ3n) is 11.6. The van der Waals surface area contributed by atoms with Crippen LogP contribution < -0.4 is 0 Å². The Balaban J connectivity index is 3.94. The molecule has 9 heteroatoms. The second-order valence-corrected chi connectivity index (χ2v) is 19.3. The molecule has 0 aromatic heterocycles. The highest BCUT2D eigenvalue weighted by Gasteiger charge is 2.25. The van der Waals surface area contributed by atoms with Crippen LogP contribution in [0.1, 0.15) is 265 Å². The third-order valence-corrected chi connectivity index (χ3v) is 12.7. The number of ether oxygens (including phenoxy) is 2. The van der Waals surface area contributed by atoms with E-state index in [0.717, 1.165) is 70.6 Å². The van der Waals surface area contributed by atoms with Crippen LogP contribution in [0.4, 0.5) is 0 Å². The number of carbonyl (C=O) groups is 2. The maximum absolute atomic E-state index is 12.6. The van der Waals surface area contributed by atoms with E-state index in [0.29, 0.717) is 12.8 Å². The average molecular weight is 921 g/mol. The Labute approximate surface area is 395 Å². The van der Waals surface area contributed by atoms with Crippen LogP contribution in [0.25, 0.3) is 0 Å². The summed E-state index contributed by atoms with van der Waals surface area (Å²) in [6, 6.07) is 0. The van der Waals surface area contributed by atoms with E-state index in [4.69, 9.17) is 18.5 Å². The molecular weight excluding hydrogens is 820 g/mol. The van der Waals surface area contributed by atoms with Crippen LogP contribution in [0, 0.1) is 0 Å². The molecule has 0 aliphatic rings. The molecule has 0 heterocycles. The van der Waals surface area contributed by atoms with Gasteiger partial charge in [0.15, 0.2) is 6.10 Å². The van der Waals surface area contributed by atoms with Gasteiger partial charge in [-0.2, -0.15) is 0 Å². The van der Waals surface area contributed by atoms with E-state index in [1.54, 1.807) is 6.92 Å². The van der Waals surface area contributed by atoms with Crippen LogP contribution in [0.15, 0.2) is 48.6 Å². The smallest absolute Gasteiger partial charge is 0.462 e. The minimum Gasteiger partial charge on any atom is -0.462 e. The summed E-state index contributed by atoms with van der Waals surface area (Å²) in [5.74, 6) is -0.796. The summed E-state index contributed by atoms with van der Waals surface area (Å²) < 4.78 is 32.8. The zero-order chi connectivity index (χ0) is 46.7. The lowest BCUT2D eigenvalue weighted by molar-refractivity contribution is -0.161. The first-order valence-corrected chi connectivity index (χ1v) is 28.4. The van der Waals surface area contributed by atoms with E-state index in [1.807, 2.05) is 0 Å². The molecule has 2 unspecified atom stereocenters. The minimum absolute atomic E-state index is 0.00118. The van der Waals surface area contributed by atoms with Gasteiger partial charge in [0.05, 0.1) is 13.2 Å². The SMILES string of the molecule is CC/C=C\C/C=C\C/C=C\C/C=C\CCCCCCCCCCC(=O)OC(COC(=O)CCCCCCCCCCCCCCCCCCCCCCCCC)COP(=O)(O)OCC. The zero-order valence-electron chi connectivity index (χ0n) is 41.9. The van der Waals surface area contributed by atoms with Crippen molar-refractivity contribution < 1.29 is 37.6 Å². The fourth-order valence-electron chi connectivity index (χ4n) is 7.74. The van der Waals surface area contributed by atoms with Crippen molar-refractivity contribution in [2.24, 2.45) is 0 Å². The van der Waals surface area contributed by atoms with E-state index < -0.39 is 26.5 Å². The van der Waals surface area contributed by atoms with E-state index in [9.17, 15) is 19.0 Å². The van der Waals surface area contributed by atoms with Gasteiger partial charge in [-0.15, -0.1) is 0 Å². The van der Waals surface area contributed by atoms with Crippen LogP contribution in [0.3, 0.4) is 0 Å². The Bertz CT molecular complexity index is 1180. The van der Waals surface area contributed by atoms with E-state index >= 15 is 0 Å². The molecular formula is C55H101O8P. The normalized spacial score (nSPS) is 13.5. The van der Waals surface area contributed by atoms with Crippen molar-refractivity contribution in [1.29, 1.82) is 0 Å². The van der Waals surface area contributed by atoms with Gasteiger partial charge in [-0.05, 0) is 58.3 Å². The summed E-state index contributed by atoms with van der Waals surface area (Å²) >= 11 is 0. The second kappa shape index (κ2) is 50.4. The summed E-state index contributed by atoms with van der Waals surface area (Å²) in [5, 5.41) is 0. The van der Waals surface area contributed by atoms with Crippen LogP contribution >= 0.6 is 7.82 Å². The van der Waals surface area contributed by atoms with Gasteiger partial charge in [0.1, 0.15) is 6.61 Å². The monoisotopic (exact) mass is 921 g/mol. The summed E-state index contributed by atoms with van der Waals surface area (Å²) in [5.41, 5.74) is 0. The maximum Gasteiger partial charge on any atom is 0.472 e. The Morgan fingerprint density at radius 3 is 1.20 bits per heavy atom. The van der Waals surface area contributed by atoms with E-state index in [-0.39, 0.29) is 25.6 Å². The molecule has 0 rings (SSSR count). The van der Waals surface area contributed by atoms with Gasteiger partial charge >= 0.3 is 19.8 Å². The fourth-order valence-corrected chi connectivity index (χ4v) is 8.50. The molecule has 0 bridgehead atoms. The fraction of sp³-hybridized carbons (Fsp3) is 0.818. The quantitative estimate of drug-likeness (QED) is 0.0278. The first-order valence-electron chi connectivity index (χ1n) is 26.9. The molecule has 64 heavy (non-hydrogen) atoms. The number of hydrogen-bond donors (Lipinski definition) is 1. The molecule has 0 aliphatic heterocycles. The predicted molar refractivity (Wildman–Crippen MR) is 272 cm³/mol. The minimum atomic E-state index is -4.29. The molecule has 2 atom stereocenters. The lowest BCUT2D eigenvalue weighted by Gasteiger charge is -2.19. The number of carbonyl (C=O) groups excluding carboxylic acids is 2. The summed E-state index contributed by atoms with van der Waals surface area (Å²) in [7, 11) is -4.29. The number of phosphoric ester groups is 1. The molecule has 0 aliphatic carbocycles. The Hall–Kier alpha value is -1.99. The summed E-state index contributed by atoms with van der Waals surface area (Å²) in [6.45, 7) is 5.41. The van der Waals surface area contributed by atoms with Gasteiger partial charge in [-0.3, -0.25) is 18.6 Å². The van der Waals surface area contributed by atoms with Gasteiger partial charge in [0.25, 0.3) is 0 Å². The van der Waals surface area contributed by atoms with Crippen molar-refractivity contribution in [3.8, 4) is 0 Å². The second-order valence-electron chi connectivity index (χ2n) is 17.9. The number of allylic oxidation sites excluding steroid dienone is 8. The van der Waals surface area contributed by atoms with Crippen LogP contribution in [0.2, 0.25) is 0 Å². The molecule has 0 spiro atoms. The maximum atomic E-state index is 12.6. The zero-order valence-corrected chi connectivity index (χ0v) is 42.8.